The van der Waals surface area contributed by atoms with Gasteiger partial charge in [0.1, 0.15) is 5.82 Å². The van der Waals surface area contributed by atoms with Gasteiger partial charge in [0.15, 0.2) is 5.69 Å². The topological polar surface area (TPSA) is 58.4 Å². The molecule has 0 saturated carbocycles. The van der Waals surface area contributed by atoms with E-state index in [1.807, 2.05) is 47.9 Å². The van der Waals surface area contributed by atoms with Crippen LogP contribution in [0.15, 0.2) is 48.5 Å². The van der Waals surface area contributed by atoms with Crippen molar-refractivity contribution in [2.45, 2.75) is 13.3 Å². The maximum absolute atomic E-state index is 13.3. The maximum Gasteiger partial charge on any atom is 0.273 e. The number of imidazole rings is 1. The molecule has 0 saturated heterocycles. The van der Waals surface area contributed by atoms with Crippen LogP contribution in [0.5, 0.6) is 0 Å². The molecule has 1 aromatic heterocycles. The second kappa shape index (κ2) is 6.80. The van der Waals surface area contributed by atoms with Crippen molar-refractivity contribution in [3.05, 3.63) is 70.8 Å². The third-order valence-corrected chi connectivity index (χ3v) is 4.99. The first kappa shape index (κ1) is 18.3. The van der Waals surface area contributed by atoms with E-state index in [0.717, 1.165) is 11.4 Å². The Kier molecular flexibility index (Phi) is 4.43. The van der Waals surface area contributed by atoms with Crippen molar-refractivity contribution in [2.24, 2.45) is 0 Å². The zero-order valence-corrected chi connectivity index (χ0v) is 16.6. The molecule has 7 heteroatoms. The summed E-state index contributed by atoms with van der Waals surface area (Å²) < 4.78 is 1.88. The Balaban J connectivity index is 2.00. The van der Waals surface area contributed by atoms with Gasteiger partial charge in [-0.25, -0.2) is 4.98 Å². The lowest BCUT2D eigenvalue weighted by atomic mass is 10.2. The minimum Gasteiger partial charge on any atom is -0.343 e. The van der Waals surface area contributed by atoms with Crippen LogP contribution in [0.3, 0.4) is 0 Å². The molecular formula is C21H19ClN4O2. The molecular weight excluding hydrogens is 376 g/mol. The summed E-state index contributed by atoms with van der Waals surface area (Å²) in [5, 5.41) is 0.526. The van der Waals surface area contributed by atoms with E-state index in [1.54, 1.807) is 31.1 Å². The summed E-state index contributed by atoms with van der Waals surface area (Å²) >= 11 is 6.27. The van der Waals surface area contributed by atoms with E-state index in [1.165, 1.54) is 4.90 Å². The van der Waals surface area contributed by atoms with Crippen molar-refractivity contribution >= 4 is 34.8 Å². The Morgan fingerprint density at radius 2 is 1.82 bits per heavy atom. The molecule has 6 nitrogen and oxygen atoms in total. The molecule has 4 rings (SSSR count). The minimum atomic E-state index is -0.228. The zero-order chi connectivity index (χ0) is 20.0. The Bertz CT molecular complexity index is 1090. The molecule has 0 radical (unpaired) electrons. The first-order valence-electron chi connectivity index (χ1n) is 8.86. The van der Waals surface area contributed by atoms with Crippen LogP contribution >= 0.6 is 11.6 Å². The number of aryl methyl sites for hydroxylation is 1. The number of para-hydroxylation sites is 1. The highest BCUT2D eigenvalue weighted by atomic mass is 35.5. The lowest BCUT2D eigenvalue weighted by molar-refractivity contribution is -0.117. The highest BCUT2D eigenvalue weighted by molar-refractivity contribution is 6.31. The predicted molar refractivity (Wildman–Crippen MR) is 109 cm³/mol. The van der Waals surface area contributed by atoms with Crippen LogP contribution in [0.2, 0.25) is 5.02 Å². The third kappa shape index (κ3) is 2.86. The summed E-state index contributed by atoms with van der Waals surface area (Å²) in [6.07, 6.45) is 0.0525. The fourth-order valence-electron chi connectivity index (χ4n) is 3.52. The van der Waals surface area contributed by atoms with E-state index in [4.69, 9.17) is 11.6 Å². The fraction of sp³-hybridized carbons (Fsp3) is 0.190. The number of fused-ring (bicyclic) bond motifs is 3. The number of amides is 2. The predicted octanol–water partition coefficient (Wildman–Crippen LogP) is 3.76. The molecule has 0 atom stereocenters. The lowest BCUT2D eigenvalue weighted by Crippen LogP contribution is -2.28. The SMILES string of the molecule is Cc1nc(C(=O)N(C)C)c2n1-c1ccc(Cl)cc1N(c1ccccc1)C(=O)C2. The van der Waals surface area contributed by atoms with Crippen LogP contribution in [0, 0.1) is 6.92 Å². The number of halogens is 1. The van der Waals surface area contributed by atoms with Crippen LogP contribution in [0.25, 0.3) is 5.69 Å². The van der Waals surface area contributed by atoms with Gasteiger partial charge in [-0.2, -0.15) is 0 Å². The molecule has 142 valence electrons. The van der Waals surface area contributed by atoms with Gasteiger partial charge in [0.25, 0.3) is 5.91 Å². The number of hydrogen-bond donors (Lipinski definition) is 0. The van der Waals surface area contributed by atoms with Gasteiger partial charge in [0.05, 0.1) is 23.5 Å². The number of rotatable bonds is 2. The van der Waals surface area contributed by atoms with Crippen molar-refractivity contribution in [1.82, 2.24) is 14.5 Å². The second-order valence-electron chi connectivity index (χ2n) is 6.86. The minimum absolute atomic E-state index is 0.0525. The molecule has 2 heterocycles. The molecule has 3 aromatic rings. The van der Waals surface area contributed by atoms with E-state index < -0.39 is 0 Å². The molecule has 2 aromatic carbocycles. The largest absolute Gasteiger partial charge is 0.343 e. The first-order valence-corrected chi connectivity index (χ1v) is 9.24. The number of carbonyl (C=O) groups is 2. The summed E-state index contributed by atoms with van der Waals surface area (Å²) in [7, 11) is 3.35. The maximum atomic E-state index is 13.3. The number of aromatic nitrogens is 2. The quantitative estimate of drug-likeness (QED) is 0.665. The molecule has 2 amide bonds. The Labute approximate surface area is 168 Å². The smallest absolute Gasteiger partial charge is 0.273 e. The molecule has 0 bridgehead atoms. The summed E-state index contributed by atoms with van der Waals surface area (Å²) in [6.45, 7) is 1.83. The zero-order valence-electron chi connectivity index (χ0n) is 15.8. The van der Waals surface area contributed by atoms with Gasteiger partial charge >= 0.3 is 0 Å². The molecule has 0 N–H and O–H groups in total. The Hall–Kier alpha value is -3.12. The van der Waals surface area contributed by atoms with Crippen LogP contribution in [0.1, 0.15) is 22.0 Å². The number of carbonyl (C=O) groups excluding carboxylic acids is 2. The molecule has 1 aliphatic heterocycles. The number of nitrogens with zero attached hydrogens (tertiary/aromatic N) is 4. The van der Waals surface area contributed by atoms with Gasteiger partial charge in [0.2, 0.25) is 5.91 Å². The number of hydrogen-bond acceptors (Lipinski definition) is 3. The van der Waals surface area contributed by atoms with Crippen molar-refractivity contribution in [1.29, 1.82) is 0 Å². The number of anilines is 2. The molecule has 0 spiro atoms. The lowest BCUT2D eigenvalue weighted by Gasteiger charge is -2.23. The molecule has 28 heavy (non-hydrogen) atoms. The van der Waals surface area contributed by atoms with Crippen molar-refractivity contribution in [3.63, 3.8) is 0 Å². The molecule has 1 aliphatic rings. The molecule has 0 aliphatic carbocycles. The van der Waals surface area contributed by atoms with Crippen LogP contribution < -0.4 is 4.90 Å². The average molecular weight is 395 g/mol. The van der Waals surface area contributed by atoms with Crippen molar-refractivity contribution in [3.8, 4) is 5.69 Å². The summed E-state index contributed by atoms with van der Waals surface area (Å²) in [6, 6.07) is 14.8. The van der Waals surface area contributed by atoms with Gasteiger partial charge < -0.3 is 4.90 Å². The highest BCUT2D eigenvalue weighted by Crippen LogP contribution is 2.38. The van der Waals surface area contributed by atoms with Gasteiger partial charge in [0, 0.05) is 24.8 Å². The van der Waals surface area contributed by atoms with Gasteiger partial charge in [-0.3, -0.25) is 19.1 Å². The summed E-state index contributed by atoms with van der Waals surface area (Å²) in [5.74, 6) is 0.265. The monoisotopic (exact) mass is 394 g/mol. The number of benzene rings is 2. The van der Waals surface area contributed by atoms with E-state index in [2.05, 4.69) is 4.98 Å². The normalized spacial score (nSPS) is 13.0. The molecule has 0 fully saturated rings. The van der Waals surface area contributed by atoms with Gasteiger partial charge in [-0.15, -0.1) is 0 Å². The summed E-state index contributed by atoms with van der Waals surface area (Å²) in [4.78, 5) is 33.6. The second-order valence-corrected chi connectivity index (χ2v) is 7.30. The van der Waals surface area contributed by atoms with Crippen molar-refractivity contribution < 1.29 is 9.59 Å². The van der Waals surface area contributed by atoms with Crippen LogP contribution in [-0.2, 0) is 11.2 Å². The van der Waals surface area contributed by atoms with Gasteiger partial charge in [-0.1, -0.05) is 29.8 Å². The Morgan fingerprint density at radius 1 is 1.11 bits per heavy atom. The molecule has 0 unspecified atom stereocenters. The first-order chi connectivity index (χ1) is 13.4. The van der Waals surface area contributed by atoms with E-state index in [9.17, 15) is 9.59 Å². The standard InChI is InChI=1S/C21H19ClN4O2/c1-13-23-20(21(28)24(2)3)18-12-19(27)26(15-7-5-4-6-8-15)17-11-14(22)9-10-16(17)25(13)18/h4-11H,12H2,1-3H3. The fourth-order valence-corrected chi connectivity index (χ4v) is 3.69. The Morgan fingerprint density at radius 3 is 2.50 bits per heavy atom. The van der Waals surface area contributed by atoms with Gasteiger partial charge in [-0.05, 0) is 37.3 Å². The summed E-state index contributed by atoms with van der Waals surface area (Å²) in [5.41, 5.74) is 3.05. The highest BCUT2D eigenvalue weighted by Gasteiger charge is 2.32. The third-order valence-electron chi connectivity index (χ3n) is 4.75. The van der Waals surface area contributed by atoms with Crippen LogP contribution in [0.4, 0.5) is 11.4 Å². The average Bonchev–Trinajstić information content (AvgIpc) is 2.91. The van der Waals surface area contributed by atoms with E-state index >= 15 is 0 Å². The van der Waals surface area contributed by atoms with E-state index in [-0.39, 0.29) is 18.2 Å². The van der Waals surface area contributed by atoms with Crippen LogP contribution in [-0.4, -0.2) is 40.4 Å². The van der Waals surface area contributed by atoms with Crippen molar-refractivity contribution in [2.75, 3.05) is 19.0 Å². The van der Waals surface area contributed by atoms with E-state index in [0.29, 0.717) is 27.9 Å².